The molecular weight excluding hydrogens is 433 g/mol. The second-order valence-corrected chi connectivity index (χ2v) is 9.24. The summed E-state index contributed by atoms with van der Waals surface area (Å²) in [6.45, 7) is 4.56. The number of benzene rings is 1. The number of alkyl carbamates (subject to hydrolysis) is 1. The summed E-state index contributed by atoms with van der Waals surface area (Å²) in [7, 11) is 1.20. The van der Waals surface area contributed by atoms with E-state index in [0.29, 0.717) is 5.56 Å². The zero-order valence-corrected chi connectivity index (χ0v) is 18.3. The number of hydrogen-bond acceptors (Lipinski definition) is 6. The second-order valence-electron chi connectivity index (χ2n) is 6.73. The molecule has 7 nitrogen and oxygen atoms in total. The van der Waals surface area contributed by atoms with Gasteiger partial charge in [0.2, 0.25) is 3.79 Å². The van der Waals surface area contributed by atoms with E-state index in [-0.39, 0.29) is 13.4 Å². The van der Waals surface area contributed by atoms with Gasteiger partial charge in [-0.3, -0.25) is 0 Å². The standard InChI is InChI=1S/C18H24Cl3NO6/c1-17(2,3)28-16(24)22-13(12-8-6-5-7-9-12)14(15(23)25-4)27-11-26-10-18(19,20)21/h5-9,13-14H,10-11H2,1-4H3,(H,22,24)/t13-,14+/m0/s1. The van der Waals surface area contributed by atoms with Gasteiger partial charge in [0, 0.05) is 0 Å². The van der Waals surface area contributed by atoms with Gasteiger partial charge in [0.15, 0.2) is 6.10 Å². The monoisotopic (exact) mass is 455 g/mol. The highest BCUT2D eigenvalue weighted by Gasteiger charge is 2.34. The molecule has 0 aliphatic heterocycles. The van der Waals surface area contributed by atoms with Crippen molar-refractivity contribution in [3.63, 3.8) is 0 Å². The molecule has 0 aliphatic carbocycles. The normalized spacial score (nSPS) is 14.1. The first-order valence-corrected chi connectivity index (χ1v) is 9.45. The van der Waals surface area contributed by atoms with Crippen molar-refractivity contribution in [2.45, 2.75) is 42.3 Å². The maximum Gasteiger partial charge on any atom is 0.408 e. The number of amides is 1. The Kier molecular flexibility index (Phi) is 9.80. The average Bonchev–Trinajstić information content (AvgIpc) is 2.58. The van der Waals surface area contributed by atoms with E-state index in [2.05, 4.69) is 5.32 Å². The van der Waals surface area contributed by atoms with Gasteiger partial charge in [-0.05, 0) is 26.3 Å². The molecule has 1 amide bonds. The van der Waals surface area contributed by atoms with Crippen molar-refractivity contribution in [3.8, 4) is 0 Å². The van der Waals surface area contributed by atoms with Crippen LogP contribution in [0, 0.1) is 0 Å². The Labute approximate surface area is 179 Å². The Morgan fingerprint density at radius 3 is 2.21 bits per heavy atom. The van der Waals surface area contributed by atoms with Gasteiger partial charge < -0.3 is 24.3 Å². The molecule has 0 fully saturated rings. The Morgan fingerprint density at radius 1 is 1.11 bits per heavy atom. The highest BCUT2D eigenvalue weighted by atomic mass is 35.6. The summed E-state index contributed by atoms with van der Waals surface area (Å²) in [5.74, 6) is -0.720. The van der Waals surface area contributed by atoms with Crippen molar-refractivity contribution < 1.29 is 28.5 Å². The van der Waals surface area contributed by atoms with Gasteiger partial charge in [-0.2, -0.15) is 0 Å². The van der Waals surface area contributed by atoms with Crippen LogP contribution in [0.15, 0.2) is 30.3 Å². The number of carbonyl (C=O) groups excluding carboxylic acids is 2. The molecule has 2 atom stereocenters. The van der Waals surface area contributed by atoms with Gasteiger partial charge in [-0.1, -0.05) is 65.1 Å². The summed E-state index contributed by atoms with van der Waals surface area (Å²) in [5.41, 5.74) is -0.120. The molecule has 158 valence electrons. The minimum Gasteiger partial charge on any atom is -0.467 e. The van der Waals surface area contributed by atoms with Gasteiger partial charge in [0.25, 0.3) is 0 Å². The van der Waals surface area contributed by atoms with Crippen LogP contribution in [-0.2, 0) is 23.7 Å². The van der Waals surface area contributed by atoms with Crippen LogP contribution in [0.25, 0.3) is 0 Å². The third-order valence-corrected chi connectivity index (χ3v) is 3.49. The number of esters is 1. The molecular formula is C18H24Cl3NO6. The van der Waals surface area contributed by atoms with E-state index in [1.807, 2.05) is 0 Å². The molecule has 1 aromatic carbocycles. The van der Waals surface area contributed by atoms with Crippen LogP contribution in [0.2, 0.25) is 0 Å². The minimum atomic E-state index is -1.63. The molecule has 0 saturated carbocycles. The van der Waals surface area contributed by atoms with Crippen LogP contribution in [0.5, 0.6) is 0 Å². The van der Waals surface area contributed by atoms with Gasteiger partial charge in [0.05, 0.1) is 19.8 Å². The van der Waals surface area contributed by atoms with E-state index in [1.165, 1.54) is 7.11 Å². The number of methoxy groups -OCH3 is 1. The number of alkyl halides is 3. The van der Waals surface area contributed by atoms with E-state index in [0.717, 1.165) is 0 Å². The number of ether oxygens (including phenoxy) is 4. The highest BCUT2D eigenvalue weighted by molar-refractivity contribution is 6.67. The number of nitrogens with one attached hydrogen (secondary N) is 1. The van der Waals surface area contributed by atoms with Crippen LogP contribution in [0.1, 0.15) is 32.4 Å². The van der Waals surface area contributed by atoms with Crippen LogP contribution in [0.4, 0.5) is 4.79 Å². The first kappa shape index (κ1) is 24.8. The lowest BCUT2D eigenvalue weighted by Crippen LogP contribution is -2.44. The van der Waals surface area contributed by atoms with Gasteiger partial charge >= 0.3 is 12.1 Å². The lowest BCUT2D eigenvalue weighted by Gasteiger charge is -2.28. The fourth-order valence-electron chi connectivity index (χ4n) is 2.12. The Morgan fingerprint density at radius 2 is 1.71 bits per heavy atom. The predicted octanol–water partition coefficient (Wildman–Crippen LogP) is 4.15. The number of rotatable bonds is 8. The molecule has 28 heavy (non-hydrogen) atoms. The molecule has 0 spiro atoms. The van der Waals surface area contributed by atoms with E-state index in [4.69, 9.17) is 53.8 Å². The van der Waals surface area contributed by atoms with Crippen LogP contribution in [0.3, 0.4) is 0 Å². The quantitative estimate of drug-likeness (QED) is 0.274. The van der Waals surface area contributed by atoms with E-state index in [9.17, 15) is 9.59 Å². The summed E-state index contributed by atoms with van der Waals surface area (Å²) < 4.78 is 19.1. The minimum absolute atomic E-state index is 0.249. The van der Waals surface area contributed by atoms with Crippen molar-refractivity contribution in [2.24, 2.45) is 0 Å². The van der Waals surface area contributed by atoms with Gasteiger partial charge in [-0.15, -0.1) is 0 Å². The smallest absolute Gasteiger partial charge is 0.408 e. The molecule has 1 rings (SSSR count). The average molecular weight is 457 g/mol. The molecule has 0 radical (unpaired) electrons. The molecule has 10 heteroatoms. The van der Waals surface area contributed by atoms with E-state index in [1.54, 1.807) is 51.1 Å². The molecule has 1 N–H and O–H groups in total. The highest BCUT2D eigenvalue weighted by Crippen LogP contribution is 2.26. The number of hydrogen-bond donors (Lipinski definition) is 1. The SMILES string of the molecule is COC(=O)[C@H](OCOCC(Cl)(Cl)Cl)[C@@H](NC(=O)OC(C)(C)C)c1ccccc1. The van der Waals surface area contributed by atoms with E-state index >= 15 is 0 Å². The third-order valence-electron chi connectivity index (χ3n) is 3.16. The Bertz CT molecular complexity index is 630. The zero-order chi connectivity index (χ0) is 21.4. The zero-order valence-electron chi connectivity index (χ0n) is 16.0. The molecule has 0 heterocycles. The maximum atomic E-state index is 12.3. The predicted molar refractivity (Wildman–Crippen MR) is 107 cm³/mol. The molecule has 0 aliphatic rings. The van der Waals surface area contributed by atoms with Crippen molar-refractivity contribution in [1.82, 2.24) is 5.32 Å². The summed E-state index contributed by atoms with van der Waals surface area (Å²) >= 11 is 16.8. The van der Waals surface area contributed by atoms with Crippen LogP contribution in [-0.4, -0.2) is 48.1 Å². The molecule has 0 unspecified atom stereocenters. The molecule has 0 saturated heterocycles. The lowest BCUT2D eigenvalue weighted by atomic mass is 10.0. The summed E-state index contributed by atoms with van der Waals surface area (Å²) in [5, 5.41) is 2.64. The molecule has 0 bridgehead atoms. The lowest BCUT2D eigenvalue weighted by molar-refractivity contribution is -0.167. The first-order chi connectivity index (χ1) is 12.9. The Balaban J connectivity index is 3.00. The van der Waals surface area contributed by atoms with Gasteiger partial charge in [-0.25, -0.2) is 9.59 Å². The third kappa shape index (κ3) is 9.80. The summed E-state index contributed by atoms with van der Waals surface area (Å²) in [4.78, 5) is 24.6. The van der Waals surface area contributed by atoms with Gasteiger partial charge in [0.1, 0.15) is 12.4 Å². The van der Waals surface area contributed by atoms with Crippen molar-refractivity contribution in [1.29, 1.82) is 0 Å². The molecule has 0 aromatic heterocycles. The fourth-order valence-corrected chi connectivity index (χ4v) is 2.36. The largest absolute Gasteiger partial charge is 0.467 e. The molecule has 1 aromatic rings. The number of halogens is 3. The van der Waals surface area contributed by atoms with Crippen molar-refractivity contribution in [3.05, 3.63) is 35.9 Å². The summed E-state index contributed by atoms with van der Waals surface area (Å²) in [6, 6.07) is 7.86. The topological polar surface area (TPSA) is 83.1 Å². The number of carbonyl (C=O) groups is 2. The second kappa shape index (κ2) is 11.1. The van der Waals surface area contributed by atoms with Crippen molar-refractivity contribution in [2.75, 3.05) is 20.5 Å². The van der Waals surface area contributed by atoms with Crippen LogP contribution < -0.4 is 5.32 Å². The van der Waals surface area contributed by atoms with Crippen LogP contribution >= 0.6 is 34.8 Å². The van der Waals surface area contributed by atoms with Crippen molar-refractivity contribution >= 4 is 46.9 Å². The fraction of sp³-hybridized carbons (Fsp3) is 0.556. The van der Waals surface area contributed by atoms with E-state index < -0.39 is 33.6 Å². The first-order valence-electron chi connectivity index (χ1n) is 8.31. The maximum absolute atomic E-state index is 12.3. The Hall–Kier alpha value is -1.25. The summed E-state index contributed by atoms with van der Waals surface area (Å²) in [6.07, 6.45) is -1.95.